The van der Waals surface area contributed by atoms with Crippen molar-refractivity contribution in [1.82, 2.24) is 15.0 Å². The van der Waals surface area contributed by atoms with E-state index in [2.05, 4.69) is 14.9 Å². The third-order valence-corrected chi connectivity index (χ3v) is 5.94. The first-order valence-corrected chi connectivity index (χ1v) is 12.0. The molecule has 0 bridgehead atoms. The second-order valence-corrected chi connectivity index (χ2v) is 8.89. The average molecular weight is 532 g/mol. The molecule has 12 heteroatoms. The summed E-state index contributed by atoms with van der Waals surface area (Å²) in [5, 5.41) is 17.9. The Morgan fingerprint density at radius 2 is 1.82 bits per heavy atom. The predicted molar refractivity (Wildman–Crippen MR) is 125 cm³/mol. The highest BCUT2D eigenvalue weighted by Gasteiger charge is 2.32. The van der Waals surface area contributed by atoms with E-state index in [1.165, 1.54) is 43.3 Å². The number of hydrogen-bond donors (Lipinski definition) is 0. The van der Waals surface area contributed by atoms with Gasteiger partial charge in [-0.1, -0.05) is 18.6 Å². The molecule has 0 aliphatic heterocycles. The van der Waals surface area contributed by atoms with Gasteiger partial charge in [0.2, 0.25) is 6.23 Å². The van der Waals surface area contributed by atoms with Gasteiger partial charge in [-0.05, 0) is 80.5 Å². The summed E-state index contributed by atoms with van der Waals surface area (Å²) in [5.41, 5.74) is 0.939. The summed E-state index contributed by atoms with van der Waals surface area (Å²) in [4.78, 5) is 13.2. The zero-order valence-corrected chi connectivity index (χ0v) is 20.4. The predicted octanol–water partition coefficient (Wildman–Crippen LogP) is 6.45. The Morgan fingerprint density at radius 1 is 1.11 bits per heavy atom. The molecule has 0 amide bonds. The van der Waals surface area contributed by atoms with Crippen LogP contribution in [0.1, 0.15) is 62.1 Å². The Hall–Kier alpha value is -4.14. The molecule has 3 aromatic rings. The van der Waals surface area contributed by atoms with Crippen LogP contribution in [0.5, 0.6) is 5.75 Å². The molecule has 38 heavy (non-hydrogen) atoms. The number of ether oxygens (including phenoxy) is 3. The molecule has 8 nitrogen and oxygen atoms in total. The maximum Gasteiger partial charge on any atom is 0.573 e. The normalized spacial score (nSPS) is 14.9. The fourth-order valence-electron chi connectivity index (χ4n) is 4.22. The summed E-state index contributed by atoms with van der Waals surface area (Å²) in [5.74, 6) is -0.969. The number of hydrogen-bond acceptors (Lipinski definition) is 7. The molecule has 200 valence electrons. The van der Waals surface area contributed by atoms with E-state index >= 15 is 0 Å². The molecular formula is C26H24F4N4O4. The number of nitriles is 1. The molecule has 0 radical (unpaired) electrons. The summed E-state index contributed by atoms with van der Waals surface area (Å²) < 4.78 is 67.0. The van der Waals surface area contributed by atoms with Gasteiger partial charge in [0, 0.05) is 5.56 Å². The Morgan fingerprint density at radius 3 is 2.47 bits per heavy atom. The van der Waals surface area contributed by atoms with Gasteiger partial charge < -0.3 is 14.2 Å². The van der Waals surface area contributed by atoms with Crippen LogP contribution in [0, 0.1) is 17.1 Å². The Labute approximate surface area is 215 Å². The molecule has 1 heterocycles. The summed E-state index contributed by atoms with van der Waals surface area (Å²) in [6.45, 7) is 1.47. The number of nitrogens with zero attached hydrogens (tertiary/aromatic N) is 4. The second kappa shape index (κ2) is 11.5. The van der Waals surface area contributed by atoms with E-state index < -0.39 is 30.3 Å². The van der Waals surface area contributed by atoms with E-state index in [-0.39, 0.29) is 29.5 Å². The van der Waals surface area contributed by atoms with Crippen LogP contribution in [0.4, 0.5) is 22.4 Å². The van der Waals surface area contributed by atoms with Gasteiger partial charge in [-0.2, -0.15) is 5.26 Å². The molecule has 1 aliphatic carbocycles. The Kier molecular flexibility index (Phi) is 8.14. The van der Waals surface area contributed by atoms with Gasteiger partial charge in [-0.3, -0.25) is 0 Å². The van der Waals surface area contributed by atoms with Crippen molar-refractivity contribution in [2.24, 2.45) is 0 Å². The first-order chi connectivity index (χ1) is 18.1. The van der Waals surface area contributed by atoms with Crippen LogP contribution >= 0.6 is 0 Å². The second-order valence-electron chi connectivity index (χ2n) is 8.89. The van der Waals surface area contributed by atoms with E-state index in [9.17, 15) is 27.6 Å². The van der Waals surface area contributed by atoms with Crippen molar-refractivity contribution < 1.29 is 36.6 Å². The number of rotatable bonds is 7. The van der Waals surface area contributed by atoms with Gasteiger partial charge in [-0.25, -0.2) is 9.18 Å². The minimum absolute atomic E-state index is 0.0309. The third kappa shape index (κ3) is 7.21. The summed E-state index contributed by atoms with van der Waals surface area (Å²) in [7, 11) is 0. The first kappa shape index (κ1) is 26.9. The van der Waals surface area contributed by atoms with Gasteiger partial charge in [0.1, 0.15) is 29.4 Å². The molecular weight excluding hydrogens is 508 g/mol. The standard InChI is InChI=1S/C26H24F4N4O4/c1-16(36-25(35)37-21-5-3-2-4-6-21)34-32-23(15-31)24(33-34)19-12-18(11-17-7-9-20(27)10-8-17)13-22(14-19)38-26(28,29)30/h7-10,12-14,16,21H,2-6,11H2,1H3. The number of aromatic nitrogens is 3. The lowest BCUT2D eigenvalue weighted by Crippen LogP contribution is -2.24. The molecule has 1 fully saturated rings. The van der Waals surface area contributed by atoms with Gasteiger partial charge >= 0.3 is 12.5 Å². The lowest BCUT2D eigenvalue weighted by Gasteiger charge is -2.22. The van der Waals surface area contributed by atoms with E-state index in [4.69, 9.17) is 9.47 Å². The fourth-order valence-corrected chi connectivity index (χ4v) is 4.22. The number of benzene rings is 2. The van der Waals surface area contributed by atoms with Crippen molar-refractivity contribution in [3.05, 3.63) is 65.1 Å². The minimum Gasteiger partial charge on any atom is -0.431 e. The highest BCUT2D eigenvalue weighted by molar-refractivity contribution is 5.67. The van der Waals surface area contributed by atoms with E-state index in [0.29, 0.717) is 11.1 Å². The zero-order chi connectivity index (χ0) is 27.3. The van der Waals surface area contributed by atoms with E-state index in [1.54, 1.807) is 0 Å². The van der Waals surface area contributed by atoms with Crippen molar-refractivity contribution >= 4 is 6.16 Å². The molecule has 1 atom stereocenters. The van der Waals surface area contributed by atoms with Crippen molar-refractivity contribution in [1.29, 1.82) is 5.26 Å². The number of halogens is 4. The third-order valence-electron chi connectivity index (χ3n) is 5.94. The summed E-state index contributed by atoms with van der Waals surface area (Å²) >= 11 is 0. The number of alkyl halides is 3. The van der Waals surface area contributed by atoms with Gasteiger partial charge in [0.05, 0.1) is 0 Å². The van der Waals surface area contributed by atoms with E-state index in [0.717, 1.165) is 43.0 Å². The Bertz CT molecular complexity index is 1310. The van der Waals surface area contributed by atoms with Crippen molar-refractivity contribution in [2.45, 2.75) is 64.1 Å². The minimum atomic E-state index is -4.96. The van der Waals surface area contributed by atoms with Crippen LogP contribution in [-0.2, 0) is 15.9 Å². The van der Waals surface area contributed by atoms with Crippen LogP contribution in [-0.4, -0.2) is 33.6 Å². The molecule has 0 spiro atoms. The van der Waals surface area contributed by atoms with Crippen LogP contribution in [0.15, 0.2) is 42.5 Å². The molecule has 0 N–H and O–H groups in total. The topological polar surface area (TPSA) is 99.3 Å². The van der Waals surface area contributed by atoms with Crippen LogP contribution in [0.2, 0.25) is 0 Å². The SMILES string of the molecule is CC(OC(=O)OC1CCCCC1)n1nc(C#N)c(-c2cc(Cc3ccc(F)cc3)cc(OC(F)(F)F)c2)n1. The molecule has 1 unspecified atom stereocenters. The highest BCUT2D eigenvalue weighted by Crippen LogP contribution is 2.31. The molecule has 0 saturated heterocycles. The summed E-state index contributed by atoms with van der Waals surface area (Å²) in [6, 6.07) is 11.2. The van der Waals surface area contributed by atoms with E-state index in [1.807, 2.05) is 6.07 Å². The lowest BCUT2D eigenvalue weighted by molar-refractivity contribution is -0.274. The Balaban J connectivity index is 1.60. The summed E-state index contributed by atoms with van der Waals surface area (Å²) in [6.07, 6.45) is -2.46. The molecule has 1 saturated carbocycles. The van der Waals surface area contributed by atoms with Crippen LogP contribution < -0.4 is 4.74 Å². The van der Waals surface area contributed by atoms with Crippen molar-refractivity contribution in [3.63, 3.8) is 0 Å². The monoisotopic (exact) mass is 532 g/mol. The fraction of sp³-hybridized carbons (Fsp3) is 0.385. The van der Waals surface area contributed by atoms with Crippen molar-refractivity contribution in [3.8, 4) is 23.1 Å². The maximum absolute atomic E-state index is 13.3. The average Bonchev–Trinajstić information content (AvgIpc) is 3.30. The first-order valence-electron chi connectivity index (χ1n) is 12.0. The molecule has 4 rings (SSSR count). The van der Waals surface area contributed by atoms with Gasteiger partial charge in [-0.15, -0.1) is 28.2 Å². The van der Waals surface area contributed by atoms with Crippen molar-refractivity contribution in [2.75, 3.05) is 0 Å². The zero-order valence-electron chi connectivity index (χ0n) is 20.4. The lowest BCUT2D eigenvalue weighted by atomic mass is 9.98. The molecule has 1 aromatic heterocycles. The van der Waals surface area contributed by atoms with Crippen LogP contribution in [0.3, 0.4) is 0 Å². The number of carbonyl (C=O) groups excluding carboxylic acids is 1. The van der Waals surface area contributed by atoms with Crippen LogP contribution in [0.25, 0.3) is 11.3 Å². The molecule has 2 aromatic carbocycles. The number of carbonyl (C=O) groups is 1. The quantitative estimate of drug-likeness (QED) is 0.255. The van der Waals surface area contributed by atoms with Gasteiger partial charge in [0.25, 0.3) is 0 Å². The smallest absolute Gasteiger partial charge is 0.431 e. The molecule has 1 aliphatic rings. The van der Waals surface area contributed by atoms with Gasteiger partial charge in [0.15, 0.2) is 5.69 Å². The largest absolute Gasteiger partial charge is 0.573 e. The highest BCUT2D eigenvalue weighted by atomic mass is 19.4. The maximum atomic E-state index is 13.3.